The molecule has 2 aromatic carbocycles. The van der Waals surface area contributed by atoms with E-state index in [0.29, 0.717) is 5.56 Å². The summed E-state index contributed by atoms with van der Waals surface area (Å²) in [6, 6.07) is 15.7. The summed E-state index contributed by atoms with van der Waals surface area (Å²) < 4.78 is 0. The van der Waals surface area contributed by atoms with Gasteiger partial charge in [-0.25, -0.2) is 0 Å². The van der Waals surface area contributed by atoms with E-state index < -0.39 is 5.92 Å². The number of rotatable bonds is 3. The van der Waals surface area contributed by atoms with Crippen molar-refractivity contribution in [2.45, 2.75) is 5.92 Å². The molecule has 0 amide bonds. The molecule has 1 atom stereocenters. The molecule has 0 fully saturated rings. The number of Topliss-reactive ketones (excluding diaryl/α,β-unsaturated/α-hetero) is 1. The summed E-state index contributed by atoms with van der Waals surface area (Å²) >= 11 is 12.0. The maximum atomic E-state index is 12.4. The smallest absolute Gasteiger partial charge is 0.187 e. The molecule has 2 nitrogen and oxygen atoms in total. The van der Waals surface area contributed by atoms with Gasteiger partial charge in [-0.1, -0.05) is 59.6 Å². The minimum atomic E-state index is -0.904. The fraction of sp³-hybridized carbons (Fsp3) is 0.0667. The van der Waals surface area contributed by atoms with Gasteiger partial charge in [-0.05, 0) is 17.7 Å². The molecule has 1 unspecified atom stereocenters. The molecule has 0 aliphatic rings. The van der Waals surface area contributed by atoms with Crippen molar-refractivity contribution in [3.05, 3.63) is 69.7 Å². The van der Waals surface area contributed by atoms with Crippen LogP contribution in [0.5, 0.6) is 0 Å². The zero-order valence-electron chi connectivity index (χ0n) is 9.81. The molecule has 4 heteroatoms. The van der Waals surface area contributed by atoms with Crippen LogP contribution in [0.4, 0.5) is 0 Å². The lowest BCUT2D eigenvalue weighted by Crippen LogP contribution is -2.12. The Morgan fingerprint density at radius 1 is 1.00 bits per heavy atom. The number of hydrogen-bond acceptors (Lipinski definition) is 2. The van der Waals surface area contributed by atoms with Crippen LogP contribution in [0.1, 0.15) is 21.8 Å². The van der Waals surface area contributed by atoms with Crippen molar-refractivity contribution in [2.24, 2.45) is 0 Å². The normalized spacial score (nSPS) is 11.6. The van der Waals surface area contributed by atoms with Crippen LogP contribution in [0, 0.1) is 11.3 Å². The number of halogens is 2. The molecule has 0 aliphatic carbocycles. The van der Waals surface area contributed by atoms with Crippen molar-refractivity contribution in [3.63, 3.8) is 0 Å². The van der Waals surface area contributed by atoms with E-state index in [1.54, 1.807) is 42.5 Å². The van der Waals surface area contributed by atoms with Crippen molar-refractivity contribution in [1.29, 1.82) is 5.26 Å². The third-order valence-corrected chi connectivity index (χ3v) is 3.36. The van der Waals surface area contributed by atoms with Crippen LogP contribution in [0.15, 0.2) is 48.5 Å². The molecule has 19 heavy (non-hydrogen) atoms. The van der Waals surface area contributed by atoms with Crippen LogP contribution in [-0.4, -0.2) is 5.78 Å². The van der Waals surface area contributed by atoms with Gasteiger partial charge in [-0.2, -0.15) is 5.26 Å². The Labute approximate surface area is 121 Å². The van der Waals surface area contributed by atoms with Gasteiger partial charge in [0.25, 0.3) is 0 Å². The predicted octanol–water partition coefficient (Wildman–Crippen LogP) is 4.48. The van der Waals surface area contributed by atoms with Crippen molar-refractivity contribution in [1.82, 2.24) is 0 Å². The van der Waals surface area contributed by atoms with Gasteiger partial charge in [0.15, 0.2) is 5.78 Å². The monoisotopic (exact) mass is 289 g/mol. The Kier molecular flexibility index (Phi) is 4.21. The first-order valence-corrected chi connectivity index (χ1v) is 6.33. The highest BCUT2D eigenvalue weighted by atomic mass is 35.5. The highest BCUT2D eigenvalue weighted by molar-refractivity contribution is 6.40. The topological polar surface area (TPSA) is 40.9 Å². The Bertz CT molecular complexity index is 627. The molecule has 2 rings (SSSR count). The number of ketones is 1. The molecular formula is C15H9Cl2NO. The maximum absolute atomic E-state index is 12.4. The van der Waals surface area contributed by atoms with Crippen LogP contribution >= 0.6 is 23.2 Å². The first kappa shape index (κ1) is 13.6. The standard InChI is InChI=1S/C15H9Cl2NO/c16-12-7-4-8-13(17)14(12)15(19)11(9-18)10-5-2-1-3-6-10/h1-8,11H. The molecule has 0 bridgehead atoms. The zero-order valence-corrected chi connectivity index (χ0v) is 11.3. The number of carbonyl (C=O) groups is 1. The van der Waals surface area contributed by atoms with E-state index in [0.717, 1.165) is 0 Å². The Morgan fingerprint density at radius 2 is 1.58 bits per heavy atom. The first-order chi connectivity index (χ1) is 9.15. The number of hydrogen-bond donors (Lipinski definition) is 0. The second-order valence-electron chi connectivity index (χ2n) is 3.93. The summed E-state index contributed by atoms with van der Waals surface area (Å²) in [7, 11) is 0. The number of carbonyl (C=O) groups excluding carboxylic acids is 1. The number of nitriles is 1. The van der Waals surface area contributed by atoms with Gasteiger partial charge >= 0.3 is 0 Å². The second kappa shape index (κ2) is 5.88. The molecule has 0 aromatic heterocycles. The number of benzene rings is 2. The summed E-state index contributed by atoms with van der Waals surface area (Å²) in [6.07, 6.45) is 0. The third kappa shape index (κ3) is 2.78. The van der Waals surface area contributed by atoms with Crippen LogP contribution in [-0.2, 0) is 0 Å². The van der Waals surface area contributed by atoms with Gasteiger partial charge in [0, 0.05) is 0 Å². The lowest BCUT2D eigenvalue weighted by atomic mass is 9.92. The molecular weight excluding hydrogens is 281 g/mol. The molecule has 94 valence electrons. The fourth-order valence-electron chi connectivity index (χ4n) is 1.81. The first-order valence-electron chi connectivity index (χ1n) is 5.58. The van der Waals surface area contributed by atoms with E-state index in [4.69, 9.17) is 23.2 Å². The van der Waals surface area contributed by atoms with Crippen molar-refractivity contribution in [3.8, 4) is 6.07 Å². The van der Waals surface area contributed by atoms with Gasteiger partial charge in [0.05, 0.1) is 21.7 Å². The molecule has 0 heterocycles. The summed E-state index contributed by atoms with van der Waals surface area (Å²) in [5, 5.41) is 9.75. The average molecular weight is 290 g/mol. The van der Waals surface area contributed by atoms with Gasteiger partial charge < -0.3 is 0 Å². The average Bonchev–Trinajstić information content (AvgIpc) is 2.40. The van der Waals surface area contributed by atoms with Crippen LogP contribution in [0.3, 0.4) is 0 Å². The summed E-state index contributed by atoms with van der Waals surface area (Å²) in [6.45, 7) is 0. The Balaban J connectivity index is 2.46. The summed E-state index contributed by atoms with van der Waals surface area (Å²) in [5.74, 6) is -1.29. The van der Waals surface area contributed by atoms with E-state index in [9.17, 15) is 10.1 Å². The minimum Gasteiger partial charge on any atom is -0.292 e. The van der Waals surface area contributed by atoms with Gasteiger partial charge in [0.2, 0.25) is 0 Å². The molecule has 0 spiro atoms. The van der Waals surface area contributed by atoms with Gasteiger partial charge in [0.1, 0.15) is 5.92 Å². The van der Waals surface area contributed by atoms with Crippen LogP contribution < -0.4 is 0 Å². The van der Waals surface area contributed by atoms with E-state index in [-0.39, 0.29) is 21.4 Å². The molecule has 0 saturated heterocycles. The lowest BCUT2D eigenvalue weighted by molar-refractivity contribution is 0.0979. The van der Waals surface area contributed by atoms with E-state index >= 15 is 0 Å². The van der Waals surface area contributed by atoms with Gasteiger partial charge in [-0.3, -0.25) is 4.79 Å². The molecule has 2 aromatic rings. The van der Waals surface area contributed by atoms with Crippen LogP contribution in [0.2, 0.25) is 10.0 Å². The molecule has 0 saturated carbocycles. The second-order valence-corrected chi connectivity index (χ2v) is 4.75. The van der Waals surface area contributed by atoms with E-state index in [1.165, 1.54) is 0 Å². The maximum Gasteiger partial charge on any atom is 0.187 e. The molecule has 0 N–H and O–H groups in total. The SMILES string of the molecule is N#CC(C(=O)c1c(Cl)cccc1Cl)c1ccccc1. The lowest BCUT2D eigenvalue weighted by Gasteiger charge is -2.11. The molecule has 0 aliphatic heterocycles. The van der Waals surface area contributed by atoms with E-state index in [1.807, 2.05) is 12.1 Å². The van der Waals surface area contributed by atoms with Crippen molar-refractivity contribution >= 4 is 29.0 Å². The predicted molar refractivity (Wildman–Crippen MR) is 75.6 cm³/mol. The van der Waals surface area contributed by atoms with Gasteiger partial charge in [-0.15, -0.1) is 0 Å². The fourth-order valence-corrected chi connectivity index (χ4v) is 2.39. The summed E-state index contributed by atoms with van der Waals surface area (Å²) in [5.41, 5.74) is 0.826. The number of nitrogens with zero attached hydrogens (tertiary/aromatic N) is 1. The minimum absolute atomic E-state index is 0.196. The quantitative estimate of drug-likeness (QED) is 0.782. The highest BCUT2D eigenvalue weighted by Gasteiger charge is 2.25. The Morgan fingerprint density at radius 3 is 2.11 bits per heavy atom. The Hall–Kier alpha value is -1.82. The largest absolute Gasteiger partial charge is 0.292 e. The highest BCUT2D eigenvalue weighted by Crippen LogP contribution is 2.30. The molecule has 0 radical (unpaired) electrons. The van der Waals surface area contributed by atoms with E-state index in [2.05, 4.69) is 0 Å². The van der Waals surface area contributed by atoms with Crippen molar-refractivity contribution < 1.29 is 4.79 Å². The summed E-state index contributed by atoms with van der Waals surface area (Å²) in [4.78, 5) is 12.4. The van der Waals surface area contributed by atoms with Crippen molar-refractivity contribution in [2.75, 3.05) is 0 Å². The third-order valence-electron chi connectivity index (χ3n) is 2.73. The zero-order chi connectivity index (χ0) is 13.8. The van der Waals surface area contributed by atoms with Crippen LogP contribution in [0.25, 0.3) is 0 Å².